The van der Waals surface area contributed by atoms with E-state index in [4.69, 9.17) is 9.47 Å². The lowest BCUT2D eigenvalue weighted by Crippen LogP contribution is -2.20. The maximum Gasteiger partial charge on any atom is 0.201 e. The molecule has 1 saturated heterocycles. The Balaban J connectivity index is 1.19. The van der Waals surface area contributed by atoms with Gasteiger partial charge < -0.3 is 9.47 Å². The van der Waals surface area contributed by atoms with Gasteiger partial charge in [0.1, 0.15) is 6.10 Å². The lowest BCUT2D eigenvalue weighted by Gasteiger charge is -2.29. The molecule has 0 bridgehead atoms. The van der Waals surface area contributed by atoms with Crippen LogP contribution in [0.4, 0.5) is 17.6 Å². The van der Waals surface area contributed by atoms with Crippen LogP contribution in [0.3, 0.4) is 0 Å². The van der Waals surface area contributed by atoms with Crippen molar-refractivity contribution in [3.63, 3.8) is 0 Å². The lowest BCUT2D eigenvalue weighted by atomic mass is 9.78. The zero-order valence-electron chi connectivity index (χ0n) is 18.9. The second-order valence-corrected chi connectivity index (χ2v) is 9.33. The molecular weight excluding hydrogens is 444 g/mol. The number of benzene rings is 3. The van der Waals surface area contributed by atoms with Crippen molar-refractivity contribution in [2.24, 2.45) is 5.92 Å². The van der Waals surface area contributed by atoms with Crippen molar-refractivity contribution >= 4 is 0 Å². The fraction of sp³-hybridized carbons (Fsp3) is 0.357. The monoisotopic (exact) mass is 470 g/mol. The quantitative estimate of drug-likeness (QED) is 0.273. The molecule has 34 heavy (non-hydrogen) atoms. The maximum absolute atomic E-state index is 14.7. The molecule has 0 radical (unpaired) electrons. The van der Waals surface area contributed by atoms with Crippen molar-refractivity contribution in [3.05, 3.63) is 88.5 Å². The van der Waals surface area contributed by atoms with Crippen molar-refractivity contribution < 1.29 is 27.0 Å². The third kappa shape index (κ3) is 4.56. The van der Waals surface area contributed by atoms with Crippen LogP contribution in [0.2, 0.25) is 0 Å². The zero-order valence-corrected chi connectivity index (χ0v) is 18.9. The molecule has 1 aliphatic heterocycles. The molecule has 1 atom stereocenters. The van der Waals surface area contributed by atoms with E-state index in [1.165, 1.54) is 12.1 Å². The fourth-order valence-electron chi connectivity index (χ4n) is 4.82. The van der Waals surface area contributed by atoms with Crippen molar-refractivity contribution in [1.82, 2.24) is 0 Å². The molecule has 178 valence electrons. The van der Waals surface area contributed by atoms with Gasteiger partial charge in [0.25, 0.3) is 0 Å². The molecule has 6 heteroatoms. The topological polar surface area (TPSA) is 21.8 Å². The molecular formula is C28H26F4O2. The number of epoxide rings is 1. The summed E-state index contributed by atoms with van der Waals surface area (Å²) in [6, 6.07) is 13.5. The first-order valence-electron chi connectivity index (χ1n) is 11.7. The Kier molecular flexibility index (Phi) is 6.34. The molecule has 1 saturated carbocycles. The Morgan fingerprint density at radius 3 is 2.09 bits per heavy atom. The van der Waals surface area contributed by atoms with E-state index < -0.39 is 23.3 Å². The van der Waals surface area contributed by atoms with Gasteiger partial charge in [0.2, 0.25) is 5.82 Å². The van der Waals surface area contributed by atoms with Crippen LogP contribution < -0.4 is 4.74 Å². The number of halogens is 4. The van der Waals surface area contributed by atoms with Crippen LogP contribution >= 0.6 is 0 Å². The Morgan fingerprint density at radius 2 is 1.41 bits per heavy atom. The van der Waals surface area contributed by atoms with Gasteiger partial charge >= 0.3 is 0 Å². The smallest absolute Gasteiger partial charge is 0.201 e. The normalized spacial score (nSPS) is 22.0. The molecule has 2 aliphatic rings. The lowest BCUT2D eigenvalue weighted by molar-refractivity contribution is 0.192. The minimum atomic E-state index is -0.996. The summed E-state index contributed by atoms with van der Waals surface area (Å²) in [5.41, 5.74) is 2.52. The highest BCUT2D eigenvalue weighted by Crippen LogP contribution is 2.40. The number of hydrogen-bond acceptors (Lipinski definition) is 2. The van der Waals surface area contributed by atoms with Crippen molar-refractivity contribution in [2.45, 2.75) is 44.6 Å². The minimum absolute atomic E-state index is 0.0668. The summed E-state index contributed by atoms with van der Waals surface area (Å²) in [7, 11) is 0. The van der Waals surface area contributed by atoms with E-state index in [2.05, 4.69) is 0 Å². The standard InChI is InChI=1S/C28H26F4O2/c1-16-2-6-18(7-3-16)21-12-13-23(28(32)26(21)30)33-14-17-4-8-19(9-5-17)20-10-11-22(24-15-34-24)27(31)25(20)29/h2-3,6-7,10-13,17,19,24H,4-5,8-9,14-15H2,1H3. The average molecular weight is 471 g/mol. The minimum Gasteiger partial charge on any atom is -0.490 e. The van der Waals surface area contributed by atoms with E-state index in [1.54, 1.807) is 24.3 Å². The van der Waals surface area contributed by atoms with Gasteiger partial charge in [-0.2, -0.15) is 4.39 Å². The predicted octanol–water partition coefficient (Wildman–Crippen LogP) is 7.64. The molecule has 1 heterocycles. The third-order valence-corrected chi connectivity index (χ3v) is 6.99. The summed E-state index contributed by atoms with van der Waals surface area (Å²) >= 11 is 0. The summed E-state index contributed by atoms with van der Waals surface area (Å²) in [5, 5.41) is 0. The Labute approximate surface area is 196 Å². The highest BCUT2D eigenvalue weighted by Gasteiger charge is 2.32. The molecule has 5 rings (SSSR count). The van der Waals surface area contributed by atoms with Gasteiger partial charge in [0.15, 0.2) is 23.2 Å². The summed E-state index contributed by atoms with van der Waals surface area (Å²) in [4.78, 5) is 0. The molecule has 3 aromatic carbocycles. The van der Waals surface area contributed by atoms with Crippen molar-refractivity contribution in [2.75, 3.05) is 13.2 Å². The van der Waals surface area contributed by atoms with Crippen LogP contribution in [0.15, 0.2) is 48.5 Å². The predicted molar refractivity (Wildman–Crippen MR) is 122 cm³/mol. The summed E-state index contributed by atoms with van der Waals surface area (Å²) < 4.78 is 69.0. The second kappa shape index (κ2) is 9.41. The Morgan fingerprint density at radius 1 is 0.765 bits per heavy atom. The average Bonchev–Trinajstić information content (AvgIpc) is 3.68. The molecule has 1 aliphatic carbocycles. The Hall–Kier alpha value is -2.86. The van der Waals surface area contributed by atoms with Crippen LogP contribution in [0, 0.1) is 36.1 Å². The van der Waals surface area contributed by atoms with Crippen LogP contribution in [-0.4, -0.2) is 13.2 Å². The molecule has 1 unspecified atom stereocenters. The maximum atomic E-state index is 14.7. The molecule has 2 fully saturated rings. The zero-order chi connectivity index (χ0) is 23.8. The first-order chi connectivity index (χ1) is 16.4. The molecule has 2 nitrogen and oxygen atoms in total. The molecule has 0 aromatic heterocycles. The van der Waals surface area contributed by atoms with Gasteiger partial charge in [-0.25, -0.2) is 13.2 Å². The van der Waals surface area contributed by atoms with Gasteiger partial charge in [-0.15, -0.1) is 0 Å². The summed E-state index contributed by atoms with van der Waals surface area (Å²) in [5.74, 6) is -3.55. The van der Waals surface area contributed by atoms with Crippen LogP contribution in [-0.2, 0) is 4.74 Å². The van der Waals surface area contributed by atoms with E-state index in [0.717, 1.165) is 18.4 Å². The summed E-state index contributed by atoms with van der Waals surface area (Å²) in [6.07, 6.45) is 2.53. The molecule has 3 aromatic rings. The van der Waals surface area contributed by atoms with E-state index >= 15 is 0 Å². The first kappa shape index (κ1) is 22.9. The highest BCUT2D eigenvalue weighted by molar-refractivity contribution is 5.65. The summed E-state index contributed by atoms with van der Waals surface area (Å²) in [6.45, 7) is 2.61. The van der Waals surface area contributed by atoms with Gasteiger partial charge in [-0.3, -0.25) is 0 Å². The van der Waals surface area contributed by atoms with Crippen molar-refractivity contribution in [3.8, 4) is 16.9 Å². The molecule has 0 spiro atoms. The number of ether oxygens (including phenoxy) is 2. The third-order valence-electron chi connectivity index (χ3n) is 6.99. The van der Waals surface area contributed by atoms with Gasteiger partial charge in [0, 0.05) is 11.1 Å². The van der Waals surface area contributed by atoms with E-state index in [-0.39, 0.29) is 41.4 Å². The van der Waals surface area contributed by atoms with Gasteiger partial charge in [-0.1, -0.05) is 42.0 Å². The molecule has 0 amide bonds. The van der Waals surface area contributed by atoms with Crippen LogP contribution in [0.5, 0.6) is 5.75 Å². The van der Waals surface area contributed by atoms with Gasteiger partial charge in [-0.05, 0) is 67.7 Å². The number of rotatable bonds is 6. The fourth-order valence-corrected chi connectivity index (χ4v) is 4.82. The van der Waals surface area contributed by atoms with Gasteiger partial charge in [0.05, 0.1) is 13.2 Å². The first-order valence-corrected chi connectivity index (χ1v) is 11.7. The Bertz CT molecular complexity index is 1180. The van der Waals surface area contributed by atoms with Crippen molar-refractivity contribution in [1.29, 1.82) is 0 Å². The number of hydrogen-bond donors (Lipinski definition) is 0. The SMILES string of the molecule is Cc1ccc(-c2ccc(OCC3CCC(c4ccc(C5CO5)c(F)c4F)CC3)c(F)c2F)cc1. The number of aryl methyl sites for hydroxylation is 1. The molecule has 0 N–H and O–H groups in total. The van der Waals surface area contributed by atoms with E-state index in [1.807, 2.05) is 19.1 Å². The van der Waals surface area contributed by atoms with E-state index in [9.17, 15) is 17.6 Å². The highest BCUT2D eigenvalue weighted by atomic mass is 19.2. The van der Waals surface area contributed by atoms with Crippen LogP contribution in [0.25, 0.3) is 11.1 Å². The van der Waals surface area contributed by atoms with Crippen LogP contribution in [0.1, 0.15) is 54.4 Å². The van der Waals surface area contributed by atoms with E-state index in [0.29, 0.717) is 30.6 Å². The largest absolute Gasteiger partial charge is 0.490 e. The second-order valence-electron chi connectivity index (χ2n) is 9.33.